The predicted octanol–water partition coefficient (Wildman–Crippen LogP) is 6.15. The lowest BCUT2D eigenvalue weighted by Gasteiger charge is -2.09. The average Bonchev–Trinajstić information content (AvgIpc) is 3.08. The van der Waals surface area contributed by atoms with Gasteiger partial charge in [0, 0.05) is 21.7 Å². The molecule has 0 amide bonds. The van der Waals surface area contributed by atoms with E-state index in [1.807, 2.05) is 43.3 Å². The summed E-state index contributed by atoms with van der Waals surface area (Å²) in [6.07, 6.45) is 1.58. The molecule has 4 aromatic rings. The molecule has 0 saturated heterocycles. The Morgan fingerprint density at radius 3 is 2.73 bits per heavy atom. The van der Waals surface area contributed by atoms with Crippen molar-refractivity contribution in [1.29, 1.82) is 0 Å². The summed E-state index contributed by atoms with van der Waals surface area (Å²) in [4.78, 5) is 9.80. The van der Waals surface area contributed by atoms with Crippen LogP contribution in [0.4, 0.5) is 11.5 Å². The molecule has 1 N–H and O–H groups in total. The van der Waals surface area contributed by atoms with Crippen molar-refractivity contribution < 1.29 is 4.74 Å². The molecule has 4 nitrogen and oxygen atoms in total. The van der Waals surface area contributed by atoms with E-state index in [4.69, 9.17) is 16.3 Å². The quantitative estimate of drug-likeness (QED) is 0.450. The van der Waals surface area contributed by atoms with Crippen LogP contribution in [0.1, 0.15) is 6.92 Å². The van der Waals surface area contributed by atoms with Crippen molar-refractivity contribution in [3.05, 3.63) is 65.3 Å². The van der Waals surface area contributed by atoms with Crippen molar-refractivity contribution in [2.45, 2.75) is 6.92 Å². The SMILES string of the molecule is CCOc1ccc(-c2csc3ncnc(Nc4cccc(Cl)c4)c23)cc1. The molecule has 2 heterocycles. The fourth-order valence-electron chi connectivity index (χ4n) is 2.78. The fourth-order valence-corrected chi connectivity index (χ4v) is 3.89. The third-order valence-electron chi connectivity index (χ3n) is 3.93. The second-order valence-electron chi connectivity index (χ2n) is 5.64. The average molecular weight is 382 g/mol. The Hall–Kier alpha value is -2.63. The summed E-state index contributed by atoms with van der Waals surface area (Å²) >= 11 is 7.70. The highest BCUT2D eigenvalue weighted by molar-refractivity contribution is 7.17. The number of thiophene rings is 1. The molecule has 0 saturated carbocycles. The fraction of sp³-hybridized carbons (Fsp3) is 0.100. The maximum atomic E-state index is 6.09. The van der Waals surface area contributed by atoms with Crippen molar-refractivity contribution >= 4 is 44.7 Å². The van der Waals surface area contributed by atoms with E-state index in [1.54, 1.807) is 17.7 Å². The van der Waals surface area contributed by atoms with Crippen molar-refractivity contribution in [3.63, 3.8) is 0 Å². The molecular weight excluding hydrogens is 366 g/mol. The lowest BCUT2D eigenvalue weighted by Crippen LogP contribution is -1.95. The molecule has 0 radical (unpaired) electrons. The van der Waals surface area contributed by atoms with Crippen LogP contribution in [0.3, 0.4) is 0 Å². The molecule has 0 fully saturated rings. The van der Waals surface area contributed by atoms with Crippen LogP contribution in [-0.2, 0) is 0 Å². The smallest absolute Gasteiger partial charge is 0.143 e. The molecule has 2 aromatic carbocycles. The molecule has 0 aliphatic heterocycles. The summed E-state index contributed by atoms with van der Waals surface area (Å²) in [5, 5.41) is 7.15. The van der Waals surface area contributed by atoms with Crippen LogP contribution in [0, 0.1) is 0 Å². The third-order valence-corrected chi connectivity index (χ3v) is 5.06. The summed E-state index contributed by atoms with van der Waals surface area (Å²) in [5.74, 6) is 1.63. The third kappa shape index (κ3) is 3.36. The number of rotatable bonds is 5. The van der Waals surface area contributed by atoms with E-state index in [0.717, 1.165) is 38.6 Å². The molecule has 0 aliphatic carbocycles. The molecule has 4 rings (SSSR count). The summed E-state index contributed by atoms with van der Waals surface area (Å²) in [6, 6.07) is 15.7. The first-order chi connectivity index (χ1) is 12.7. The van der Waals surface area contributed by atoms with E-state index in [1.165, 1.54) is 0 Å². The minimum absolute atomic E-state index is 0.655. The van der Waals surface area contributed by atoms with E-state index in [9.17, 15) is 0 Å². The number of aromatic nitrogens is 2. The normalized spacial score (nSPS) is 10.8. The number of halogens is 1. The van der Waals surface area contributed by atoms with Gasteiger partial charge in [0.25, 0.3) is 0 Å². The van der Waals surface area contributed by atoms with E-state index < -0.39 is 0 Å². The van der Waals surface area contributed by atoms with E-state index in [0.29, 0.717) is 11.6 Å². The molecular formula is C20H16ClN3OS. The predicted molar refractivity (Wildman–Crippen MR) is 109 cm³/mol. The van der Waals surface area contributed by atoms with Gasteiger partial charge in [0.2, 0.25) is 0 Å². The standard InChI is InChI=1S/C20H16ClN3OS/c1-2-25-16-8-6-13(7-9-16)17-11-26-20-18(17)19(22-12-23-20)24-15-5-3-4-14(21)10-15/h3-12H,2H2,1H3,(H,22,23,24). The Labute approximate surface area is 160 Å². The molecule has 2 aromatic heterocycles. The van der Waals surface area contributed by atoms with E-state index in [2.05, 4.69) is 32.8 Å². The van der Waals surface area contributed by atoms with Gasteiger partial charge in [-0.2, -0.15) is 0 Å². The molecule has 0 aliphatic rings. The first-order valence-electron chi connectivity index (χ1n) is 8.22. The van der Waals surface area contributed by atoms with Gasteiger partial charge in [-0.1, -0.05) is 29.8 Å². The van der Waals surface area contributed by atoms with Crippen LogP contribution in [0.5, 0.6) is 5.75 Å². The van der Waals surface area contributed by atoms with Crippen LogP contribution in [0.2, 0.25) is 5.02 Å². The molecule has 6 heteroatoms. The lowest BCUT2D eigenvalue weighted by atomic mass is 10.1. The summed E-state index contributed by atoms with van der Waals surface area (Å²) in [7, 11) is 0. The van der Waals surface area contributed by atoms with Gasteiger partial charge < -0.3 is 10.1 Å². The topological polar surface area (TPSA) is 47.0 Å². The molecule has 0 unspecified atom stereocenters. The van der Waals surface area contributed by atoms with Crippen LogP contribution in [0.15, 0.2) is 60.2 Å². The highest BCUT2D eigenvalue weighted by Gasteiger charge is 2.13. The highest BCUT2D eigenvalue weighted by Crippen LogP contribution is 2.38. The summed E-state index contributed by atoms with van der Waals surface area (Å²) in [5.41, 5.74) is 3.09. The molecule has 0 bridgehead atoms. The number of nitrogens with zero attached hydrogens (tertiary/aromatic N) is 2. The molecule has 26 heavy (non-hydrogen) atoms. The van der Waals surface area contributed by atoms with Crippen LogP contribution < -0.4 is 10.1 Å². The van der Waals surface area contributed by atoms with Crippen LogP contribution in [-0.4, -0.2) is 16.6 Å². The van der Waals surface area contributed by atoms with Gasteiger partial charge in [-0.05, 0) is 42.8 Å². The van der Waals surface area contributed by atoms with Crippen LogP contribution >= 0.6 is 22.9 Å². The minimum Gasteiger partial charge on any atom is -0.494 e. The van der Waals surface area contributed by atoms with Crippen molar-refractivity contribution in [1.82, 2.24) is 9.97 Å². The zero-order valence-corrected chi connectivity index (χ0v) is 15.6. The van der Waals surface area contributed by atoms with Crippen molar-refractivity contribution in [3.8, 4) is 16.9 Å². The number of hydrogen-bond donors (Lipinski definition) is 1. The number of anilines is 2. The maximum absolute atomic E-state index is 6.09. The van der Waals surface area contributed by atoms with Gasteiger partial charge in [-0.15, -0.1) is 11.3 Å². The molecule has 130 valence electrons. The summed E-state index contributed by atoms with van der Waals surface area (Å²) in [6.45, 7) is 2.63. The number of benzene rings is 2. The van der Waals surface area contributed by atoms with Gasteiger partial charge in [0.15, 0.2) is 0 Å². The number of nitrogens with one attached hydrogen (secondary N) is 1. The zero-order chi connectivity index (χ0) is 17.9. The van der Waals surface area contributed by atoms with Crippen molar-refractivity contribution in [2.24, 2.45) is 0 Å². The van der Waals surface area contributed by atoms with Gasteiger partial charge in [0.1, 0.15) is 22.7 Å². The Morgan fingerprint density at radius 1 is 1.12 bits per heavy atom. The van der Waals surface area contributed by atoms with Crippen molar-refractivity contribution in [2.75, 3.05) is 11.9 Å². The first-order valence-corrected chi connectivity index (χ1v) is 9.48. The number of hydrogen-bond acceptors (Lipinski definition) is 5. The Morgan fingerprint density at radius 2 is 1.96 bits per heavy atom. The molecule has 0 spiro atoms. The maximum Gasteiger partial charge on any atom is 0.143 e. The second kappa shape index (κ2) is 7.32. The Kier molecular flexibility index (Phi) is 4.73. The number of fused-ring (bicyclic) bond motifs is 1. The zero-order valence-electron chi connectivity index (χ0n) is 14.1. The molecule has 0 atom stereocenters. The van der Waals surface area contributed by atoms with Gasteiger partial charge >= 0.3 is 0 Å². The highest BCUT2D eigenvalue weighted by atomic mass is 35.5. The monoisotopic (exact) mass is 381 g/mol. The Balaban J connectivity index is 1.76. The second-order valence-corrected chi connectivity index (χ2v) is 6.94. The first kappa shape index (κ1) is 16.8. The van der Waals surface area contributed by atoms with Crippen LogP contribution in [0.25, 0.3) is 21.3 Å². The van der Waals surface area contributed by atoms with Gasteiger partial charge in [-0.25, -0.2) is 9.97 Å². The minimum atomic E-state index is 0.655. The van der Waals surface area contributed by atoms with E-state index >= 15 is 0 Å². The Bertz CT molecular complexity index is 1050. The lowest BCUT2D eigenvalue weighted by molar-refractivity contribution is 0.340. The number of ether oxygens (including phenoxy) is 1. The summed E-state index contributed by atoms with van der Waals surface area (Å²) < 4.78 is 5.53. The van der Waals surface area contributed by atoms with Gasteiger partial charge in [0.05, 0.1) is 12.0 Å². The van der Waals surface area contributed by atoms with E-state index in [-0.39, 0.29) is 0 Å². The van der Waals surface area contributed by atoms with Gasteiger partial charge in [-0.3, -0.25) is 0 Å². The largest absolute Gasteiger partial charge is 0.494 e.